The van der Waals surface area contributed by atoms with Crippen LogP contribution >= 0.6 is 0 Å². The third-order valence-corrected chi connectivity index (χ3v) is 1.72. The van der Waals surface area contributed by atoms with Gasteiger partial charge in [-0.05, 0) is 24.1 Å². The Morgan fingerprint density at radius 1 is 1.50 bits per heavy atom. The fraction of sp³-hybridized carbons (Fsp3) is 0.333. The van der Waals surface area contributed by atoms with Crippen molar-refractivity contribution >= 4 is 0 Å². The molecule has 0 saturated heterocycles. The van der Waals surface area contributed by atoms with Crippen molar-refractivity contribution in [2.45, 2.75) is 12.5 Å². The van der Waals surface area contributed by atoms with Gasteiger partial charge in [0.05, 0.1) is 0 Å². The summed E-state index contributed by atoms with van der Waals surface area (Å²) in [6.07, 6.45) is 0.462. The molecule has 0 aliphatic carbocycles. The molecule has 3 heteroatoms. The van der Waals surface area contributed by atoms with Crippen LogP contribution in [0.15, 0.2) is 24.3 Å². The lowest BCUT2D eigenvalue weighted by Gasteiger charge is -2.09. The zero-order chi connectivity index (χ0) is 8.97. The minimum Gasteiger partial charge on any atom is -0.396 e. The number of hydrogen-bond acceptors (Lipinski definition) is 2. The third-order valence-electron chi connectivity index (χ3n) is 1.72. The van der Waals surface area contributed by atoms with Crippen LogP contribution in [0, 0.1) is 5.82 Å². The zero-order valence-electron chi connectivity index (χ0n) is 6.70. The van der Waals surface area contributed by atoms with E-state index in [0.29, 0.717) is 6.42 Å². The van der Waals surface area contributed by atoms with Gasteiger partial charge < -0.3 is 10.8 Å². The van der Waals surface area contributed by atoms with Crippen molar-refractivity contribution in [3.05, 3.63) is 35.6 Å². The van der Waals surface area contributed by atoms with Gasteiger partial charge in [0.1, 0.15) is 5.82 Å². The highest BCUT2D eigenvalue weighted by Crippen LogP contribution is 2.13. The van der Waals surface area contributed by atoms with Crippen LogP contribution in [0.1, 0.15) is 18.0 Å². The monoisotopic (exact) mass is 169 g/mol. The van der Waals surface area contributed by atoms with E-state index in [9.17, 15) is 4.39 Å². The van der Waals surface area contributed by atoms with Gasteiger partial charge in [0, 0.05) is 12.6 Å². The van der Waals surface area contributed by atoms with Crippen molar-refractivity contribution < 1.29 is 9.50 Å². The Morgan fingerprint density at radius 3 is 2.83 bits per heavy atom. The van der Waals surface area contributed by atoms with Crippen molar-refractivity contribution in [2.24, 2.45) is 5.73 Å². The van der Waals surface area contributed by atoms with Crippen LogP contribution < -0.4 is 5.73 Å². The molecule has 0 amide bonds. The van der Waals surface area contributed by atoms with E-state index in [1.54, 1.807) is 12.1 Å². The number of aliphatic hydroxyl groups excluding tert-OH is 1. The minimum atomic E-state index is -0.291. The van der Waals surface area contributed by atoms with E-state index in [2.05, 4.69) is 0 Å². The Hall–Kier alpha value is -0.930. The van der Waals surface area contributed by atoms with Crippen LogP contribution in [0.4, 0.5) is 4.39 Å². The second kappa shape index (κ2) is 4.18. The highest BCUT2D eigenvalue weighted by atomic mass is 19.1. The molecule has 0 unspecified atom stereocenters. The van der Waals surface area contributed by atoms with E-state index in [0.717, 1.165) is 5.56 Å². The summed E-state index contributed by atoms with van der Waals surface area (Å²) >= 11 is 0. The van der Waals surface area contributed by atoms with Crippen LogP contribution in [0.5, 0.6) is 0 Å². The summed E-state index contributed by atoms with van der Waals surface area (Å²) in [5.41, 5.74) is 6.37. The van der Waals surface area contributed by atoms with Gasteiger partial charge in [0.2, 0.25) is 0 Å². The molecule has 1 aromatic carbocycles. The fourth-order valence-corrected chi connectivity index (χ4v) is 1.04. The second-order valence-electron chi connectivity index (χ2n) is 2.67. The van der Waals surface area contributed by atoms with E-state index < -0.39 is 0 Å². The zero-order valence-corrected chi connectivity index (χ0v) is 6.70. The predicted molar refractivity (Wildman–Crippen MR) is 45.0 cm³/mol. The maximum absolute atomic E-state index is 12.6. The molecular formula is C9H12FNO. The highest BCUT2D eigenvalue weighted by Gasteiger charge is 2.04. The standard InChI is InChI=1S/C9H12FNO/c10-8-3-1-2-7(6-8)9(11)4-5-12/h1-3,6,9,12H,4-5,11H2/t9-/m1/s1. The van der Waals surface area contributed by atoms with Gasteiger partial charge in [-0.2, -0.15) is 0 Å². The molecule has 0 fully saturated rings. The molecule has 0 heterocycles. The summed E-state index contributed by atoms with van der Waals surface area (Å²) in [6.45, 7) is 0.0255. The molecule has 0 bridgehead atoms. The van der Waals surface area contributed by atoms with Gasteiger partial charge in [-0.3, -0.25) is 0 Å². The number of aliphatic hydroxyl groups is 1. The highest BCUT2D eigenvalue weighted by molar-refractivity contribution is 5.19. The second-order valence-corrected chi connectivity index (χ2v) is 2.67. The minimum absolute atomic E-state index is 0.0255. The first kappa shape index (κ1) is 9.16. The fourth-order valence-electron chi connectivity index (χ4n) is 1.04. The summed E-state index contributed by atoms with van der Waals surface area (Å²) in [5, 5.41) is 8.59. The Labute approximate surface area is 70.8 Å². The Kier molecular flexibility index (Phi) is 3.19. The maximum Gasteiger partial charge on any atom is 0.123 e. The van der Waals surface area contributed by atoms with Crippen LogP contribution in [0.2, 0.25) is 0 Å². The number of benzene rings is 1. The van der Waals surface area contributed by atoms with Crippen LogP contribution in [0.25, 0.3) is 0 Å². The number of nitrogens with two attached hydrogens (primary N) is 1. The van der Waals surface area contributed by atoms with Crippen LogP contribution in [-0.4, -0.2) is 11.7 Å². The lowest BCUT2D eigenvalue weighted by atomic mass is 10.1. The average molecular weight is 169 g/mol. The van der Waals surface area contributed by atoms with Crippen molar-refractivity contribution in [1.29, 1.82) is 0 Å². The molecule has 2 nitrogen and oxygen atoms in total. The summed E-state index contributed by atoms with van der Waals surface area (Å²) < 4.78 is 12.6. The van der Waals surface area contributed by atoms with Crippen LogP contribution in [0.3, 0.4) is 0 Å². The summed E-state index contributed by atoms with van der Waals surface area (Å²) in [4.78, 5) is 0. The lowest BCUT2D eigenvalue weighted by molar-refractivity contribution is 0.276. The molecule has 3 N–H and O–H groups in total. The van der Waals surface area contributed by atoms with Gasteiger partial charge in [-0.25, -0.2) is 4.39 Å². The van der Waals surface area contributed by atoms with Gasteiger partial charge >= 0.3 is 0 Å². The molecule has 0 aliphatic heterocycles. The topological polar surface area (TPSA) is 46.2 Å². The SMILES string of the molecule is N[C@H](CCO)c1cccc(F)c1. The van der Waals surface area contributed by atoms with Gasteiger partial charge in [-0.15, -0.1) is 0 Å². The number of rotatable bonds is 3. The average Bonchev–Trinajstić information content (AvgIpc) is 2.05. The predicted octanol–water partition coefficient (Wildman–Crippen LogP) is 1.21. The normalized spacial score (nSPS) is 12.9. The molecule has 0 saturated carbocycles. The van der Waals surface area contributed by atoms with E-state index in [-0.39, 0.29) is 18.5 Å². The van der Waals surface area contributed by atoms with Crippen molar-refractivity contribution in [2.75, 3.05) is 6.61 Å². The molecule has 1 rings (SSSR count). The lowest BCUT2D eigenvalue weighted by Crippen LogP contribution is -2.11. The molecular weight excluding hydrogens is 157 g/mol. The summed E-state index contributed by atoms with van der Waals surface area (Å²) in [6, 6.07) is 5.85. The maximum atomic E-state index is 12.6. The molecule has 1 aromatic rings. The first-order valence-electron chi connectivity index (χ1n) is 3.86. The number of hydrogen-bond donors (Lipinski definition) is 2. The van der Waals surface area contributed by atoms with Crippen LogP contribution in [-0.2, 0) is 0 Å². The van der Waals surface area contributed by atoms with Gasteiger partial charge in [0.25, 0.3) is 0 Å². The van der Waals surface area contributed by atoms with E-state index in [1.165, 1.54) is 12.1 Å². The quantitative estimate of drug-likeness (QED) is 0.714. The third kappa shape index (κ3) is 2.29. The van der Waals surface area contributed by atoms with Crippen molar-refractivity contribution in [3.63, 3.8) is 0 Å². The first-order chi connectivity index (χ1) is 5.74. The molecule has 66 valence electrons. The molecule has 0 spiro atoms. The Balaban J connectivity index is 2.73. The Morgan fingerprint density at radius 2 is 2.25 bits per heavy atom. The van der Waals surface area contributed by atoms with E-state index >= 15 is 0 Å². The van der Waals surface area contributed by atoms with Crippen molar-refractivity contribution in [3.8, 4) is 0 Å². The first-order valence-corrected chi connectivity index (χ1v) is 3.86. The van der Waals surface area contributed by atoms with Gasteiger partial charge in [-0.1, -0.05) is 12.1 Å². The smallest absolute Gasteiger partial charge is 0.123 e. The summed E-state index contributed by atoms with van der Waals surface area (Å²) in [5.74, 6) is -0.291. The summed E-state index contributed by atoms with van der Waals surface area (Å²) in [7, 11) is 0. The molecule has 0 aromatic heterocycles. The molecule has 0 radical (unpaired) electrons. The molecule has 1 atom stereocenters. The van der Waals surface area contributed by atoms with E-state index in [4.69, 9.17) is 10.8 Å². The Bertz CT molecular complexity index is 252. The van der Waals surface area contributed by atoms with Gasteiger partial charge in [0.15, 0.2) is 0 Å². The van der Waals surface area contributed by atoms with E-state index in [1.807, 2.05) is 0 Å². The largest absolute Gasteiger partial charge is 0.396 e. The van der Waals surface area contributed by atoms with Crippen molar-refractivity contribution in [1.82, 2.24) is 0 Å². The number of halogens is 1. The molecule has 12 heavy (non-hydrogen) atoms. The molecule has 0 aliphatic rings.